The monoisotopic (exact) mass is 475 g/mol. The van der Waals surface area contributed by atoms with Gasteiger partial charge in [-0.25, -0.2) is 14.4 Å². The van der Waals surface area contributed by atoms with Crippen LogP contribution in [0.5, 0.6) is 5.75 Å². The average Bonchev–Trinajstić information content (AvgIpc) is 2.73. The summed E-state index contributed by atoms with van der Waals surface area (Å²) in [5.41, 5.74) is -1.80. The molecule has 0 unspecified atom stereocenters. The minimum atomic E-state index is -4.63. The zero-order valence-corrected chi connectivity index (χ0v) is 16.1. The molecule has 33 heavy (non-hydrogen) atoms. The topological polar surface area (TPSA) is 89.0 Å². The molecule has 3 aromatic rings. The predicted octanol–water partition coefficient (Wildman–Crippen LogP) is 4.97. The molecule has 0 spiro atoms. The van der Waals surface area contributed by atoms with Crippen LogP contribution in [0.4, 0.5) is 48.1 Å². The van der Waals surface area contributed by atoms with Gasteiger partial charge in [0.25, 0.3) is 5.91 Å². The van der Waals surface area contributed by atoms with Crippen LogP contribution in [0.15, 0.2) is 49.1 Å². The SMILES string of the molecule is O=C(Nc1cnccc1OCC(F)(F)F)c1cc(Nc2ccc(C(F)(F)F)cn2)ncc1F. The van der Waals surface area contributed by atoms with Gasteiger partial charge in [0.15, 0.2) is 12.4 Å². The van der Waals surface area contributed by atoms with Crippen molar-refractivity contribution >= 4 is 23.2 Å². The second-order valence-electron chi connectivity index (χ2n) is 6.33. The standard InChI is InChI=1S/C19H12F7N5O2/c20-12-7-29-16(31-15-2-1-10(6-28-15)19(24,25)26)5-11(12)17(32)30-13-8-27-4-3-14(13)33-9-18(21,22)23/h1-8H,9H2,(H,30,32)(H,28,29,31). The van der Waals surface area contributed by atoms with E-state index in [9.17, 15) is 35.5 Å². The molecule has 0 aliphatic heterocycles. The second-order valence-corrected chi connectivity index (χ2v) is 6.33. The first-order valence-corrected chi connectivity index (χ1v) is 8.83. The number of nitrogens with zero attached hydrogens (tertiary/aromatic N) is 3. The number of hydrogen-bond acceptors (Lipinski definition) is 6. The molecule has 0 aromatic carbocycles. The highest BCUT2D eigenvalue weighted by Gasteiger charge is 2.31. The summed E-state index contributed by atoms with van der Waals surface area (Å²) >= 11 is 0. The van der Waals surface area contributed by atoms with E-state index in [1.54, 1.807) is 0 Å². The smallest absolute Gasteiger partial charge is 0.422 e. The molecule has 0 aliphatic rings. The van der Waals surface area contributed by atoms with Gasteiger partial charge in [0.2, 0.25) is 0 Å². The molecule has 2 N–H and O–H groups in total. The molecule has 3 rings (SSSR count). The molecule has 0 atom stereocenters. The van der Waals surface area contributed by atoms with Gasteiger partial charge >= 0.3 is 12.4 Å². The van der Waals surface area contributed by atoms with E-state index in [0.29, 0.717) is 12.4 Å². The van der Waals surface area contributed by atoms with Gasteiger partial charge < -0.3 is 15.4 Å². The summed E-state index contributed by atoms with van der Waals surface area (Å²) in [6.07, 6.45) is -5.83. The van der Waals surface area contributed by atoms with Crippen molar-refractivity contribution in [3.8, 4) is 5.75 Å². The normalized spacial score (nSPS) is 11.7. The van der Waals surface area contributed by atoms with Crippen molar-refractivity contribution in [3.05, 3.63) is 66.0 Å². The van der Waals surface area contributed by atoms with Crippen LogP contribution in [-0.2, 0) is 6.18 Å². The molecule has 1 amide bonds. The first-order valence-electron chi connectivity index (χ1n) is 8.83. The Morgan fingerprint density at radius 3 is 2.33 bits per heavy atom. The molecule has 14 heteroatoms. The van der Waals surface area contributed by atoms with Crippen molar-refractivity contribution in [3.63, 3.8) is 0 Å². The van der Waals surface area contributed by atoms with Crippen molar-refractivity contribution in [2.75, 3.05) is 17.2 Å². The second kappa shape index (κ2) is 9.26. The number of amides is 1. The first kappa shape index (κ1) is 23.7. The zero-order chi connectivity index (χ0) is 24.2. The quantitative estimate of drug-likeness (QED) is 0.490. The number of nitrogens with one attached hydrogen (secondary N) is 2. The summed E-state index contributed by atoms with van der Waals surface area (Å²) in [5, 5.41) is 4.71. The van der Waals surface area contributed by atoms with E-state index in [2.05, 4.69) is 30.3 Å². The van der Waals surface area contributed by atoms with Gasteiger partial charge in [-0.3, -0.25) is 9.78 Å². The number of pyridine rings is 3. The van der Waals surface area contributed by atoms with Crippen LogP contribution in [-0.4, -0.2) is 33.6 Å². The zero-order valence-electron chi connectivity index (χ0n) is 16.1. The Balaban J connectivity index is 1.77. The molecule has 0 saturated carbocycles. The lowest BCUT2D eigenvalue weighted by molar-refractivity contribution is -0.153. The summed E-state index contributed by atoms with van der Waals surface area (Å²) < 4.78 is 93.9. The van der Waals surface area contributed by atoms with Crippen LogP contribution in [0, 0.1) is 5.82 Å². The Labute approximate surface area is 180 Å². The summed E-state index contributed by atoms with van der Waals surface area (Å²) in [6.45, 7) is -1.63. The Morgan fingerprint density at radius 1 is 0.970 bits per heavy atom. The third-order valence-corrected chi connectivity index (χ3v) is 3.87. The van der Waals surface area contributed by atoms with Gasteiger partial charge in [0.05, 0.1) is 23.5 Å². The highest BCUT2D eigenvalue weighted by molar-refractivity contribution is 6.05. The number of carbonyl (C=O) groups excluding carboxylic acids is 1. The Morgan fingerprint density at radius 2 is 1.70 bits per heavy atom. The predicted molar refractivity (Wildman–Crippen MR) is 100 cm³/mol. The van der Waals surface area contributed by atoms with Gasteiger partial charge in [-0.05, 0) is 18.2 Å². The van der Waals surface area contributed by atoms with Crippen LogP contribution in [0.2, 0.25) is 0 Å². The van der Waals surface area contributed by atoms with E-state index in [4.69, 9.17) is 0 Å². The first-order chi connectivity index (χ1) is 15.4. The van der Waals surface area contributed by atoms with Gasteiger partial charge in [-0.1, -0.05) is 0 Å². The van der Waals surface area contributed by atoms with Crippen molar-refractivity contribution < 1.29 is 40.3 Å². The number of rotatable bonds is 6. The maximum Gasteiger partial charge on any atom is 0.422 e. The highest BCUT2D eigenvalue weighted by atomic mass is 19.4. The van der Waals surface area contributed by atoms with Gasteiger partial charge in [-0.15, -0.1) is 0 Å². The Bertz CT molecular complexity index is 1130. The average molecular weight is 475 g/mol. The summed E-state index contributed by atoms with van der Waals surface area (Å²) in [7, 11) is 0. The lowest BCUT2D eigenvalue weighted by Gasteiger charge is -2.14. The van der Waals surface area contributed by atoms with Crippen molar-refractivity contribution in [2.24, 2.45) is 0 Å². The Hall–Kier alpha value is -3.97. The molecule has 0 saturated heterocycles. The molecule has 174 valence electrons. The fraction of sp³-hybridized carbons (Fsp3) is 0.158. The fourth-order valence-corrected chi connectivity index (χ4v) is 2.40. The fourth-order valence-electron chi connectivity index (χ4n) is 2.40. The van der Waals surface area contributed by atoms with Crippen molar-refractivity contribution in [2.45, 2.75) is 12.4 Å². The van der Waals surface area contributed by atoms with E-state index < -0.39 is 41.8 Å². The highest BCUT2D eigenvalue weighted by Crippen LogP contribution is 2.29. The summed E-state index contributed by atoms with van der Waals surface area (Å²) in [4.78, 5) is 23.4. The largest absolute Gasteiger partial charge is 0.482 e. The van der Waals surface area contributed by atoms with E-state index in [0.717, 1.165) is 36.7 Å². The number of carbonyl (C=O) groups is 1. The lowest BCUT2D eigenvalue weighted by Crippen LogP contribution is -2.21. The number of hydrogen-bond donors (Lipinski definition) is 2. The van der Waals surface area contributed by atoms with Gasteiger partial charge in [-0.2, -0.15) is 26.3 Å². The molecule has 7 nitrogen and oxygen atoms in total. The third kappa shape index (κ3) is 6.51. The molecular weight excluding hydrogens is 463 g/mol. The third-order valence-electron chi connectivity index (χ3n) is 3.87. The molecular formula is C19H12F7N5O2. The minimum absolute atomic E-state index is 0.0661. The number of aromatic nitrogens is 3. The minimum Gasteiger partial charge on any atom is -0.482 e. The molecule has 3 aromatic heterocycles. The summed E-state index contributed by atoms with van der Waals surface area (Å²) in [6, 6.07) is 3.79. The molecule has 0 bridgehead atoms. The Kier molecular flexibility index (Phi) is 6.65. The molecule has 3 heterocycles. The van der Waals surface area contributed by atoms with Crippen LogP contribution in [0.25, 0.3) is 0 Å². The van der Waals surface area contributed by atoms with E-state index in [1.165, 1.54) is 0 Å². The number of halogens is 7. The summed E-state index contributed by atoms with van der Waals surface area (Å²) in [5.74, 6) is -2.68. The van der Waals surface area contributed by atoms with E-state index in [1.807, 2.05) is 0 Å². The van der Waals surface area contributed by atoms with Crippen LogP contribution < -0.4 is 15.4 Å². The van der Waals surface area contributed by atoms with E-state index >= 15 is 0 Å². The van der Waals surface area contributed by atoms with Crippen LogP contribution >= 0.6 is 0 Å². The molecule has 0 fully saturated rings. The van der Waals surface area contributed by atoms with Gasteiger partial charge in [0.1, 0.15) is 23.1 Å². The molecule has 0 aliphatic carbocycles. The number of ether oxygens (including phenoxy) is 1. The van der Waals surface area contributed by atoms with Gasteiger partial charge in [0, 0.05) is 18.5 Å². The van der Waals surface area contributed by atoms with Crippen LogP contribution in [0.3, 0.4) is 0 Å². The lowest BCUT2D eigenvalue weighted by atomic mass is 10.2. The van der Waals surface area contributed by atoms with Crippen LogP contribution in [0.1, 0.15) is 15.9 Å². The van der Waals surface area contributed by atoms with Crippen molar-refractivity contribution in [1.29, 1.82) is 0 Å². The van der Waals surface area contributed by atoms with E-state index in [-0.39, 0.29) is 23.1 Å². The number of anilines is 3. The maximum absolute atomic E-state index is 14.2. The van der Waals surface area contributed by atoms with Crippen molar-refractivity contribution in [1.82, 2.24) is 15.0 Å². The number of alkyl halides is 6. The molecule has 0 radical (unpaired) electrons. The maximum atomic E-state index is 14.2.